The van der Waals surface area contributed by atoms with Gasteiger partial charge in [-0.25, -0.2) is 14.4 Å². The lowest BCUT2D eigenvalue weighted by atomic mass is 10.1. The molecule has 0 aliphatic heterocycles. The molecule has 1 amide bonds. The number of hydrogen-bond acceptors (Lipinski definition) is 4. The van der Waals surface area contributed by atoms with Gasteiger partial charge in [-0.1, -0.05) is 18.2 Å². The minimum Gasteiger partial charge on any atom is -0.395 e. The van der Waals surface area contributed by atoms with Gasteiger partial charge in [-0.2, -0.15) is 0 Å². The van der Waals surface area contributed by atoms with Crippen LogP contribution in [0.3, 0.4) is 0 Å². The quantitative estimate of drug-likeness (QED) is 0.495. The summed E-state index contributed by atoms with van der Waals surface area (Å²) in [6.07, 6.45) is 7.55. The monoisotopic (exact) mass is 430 g/mol. The van der Waals surface area contributed by atoms with E-state index in [1.807, 2.05) is 24.4 Å². The second-order valence-electron chi connectivity index (χ2n) is 8.14. The molecule has 0 unspecified atom stereocenters. The van der Waals surface area contributed by atoms with Crippen molar-refractivity contribution in [2.24, 2.45) is 0 Å². The Morgan fingerprint density at radius 2 is 1.91 bits per heavy atom. The van der Waals surface area contributed by atoms with Gasteiger partial charge in [0.1, 0.15) is 5.82 Å². The summed E-state index contributed by atoms with van der Waals surface area (Å²) in [5.41, 5.74) is 3.49. The van der Waals surface area contributed by atoms with Crippen molar-refractivity contribution in [2.45, 2.75) is 18.9 Å². The number of halogens is 1. The zero-order chi connectivity index (χ0) is 22.2. The third-order valence-electron chi connectivity index (χ3n) is 5.88. The molecule has 2 aromatic carbocycles. The van der Waals surface area contributed by atoms with Gasteiger partial charge in [0.05, 0.1) is 6.61 Å². The summed E-state index contributed by atoms with van der Waals surface area (Å²) >= 11 is 0. The summed E-state index contributed by atoms with van der Waals surface area (Å²) in [7, 11) is 1.67. The van der Waals surface area contributed by atoms with Crippen LogP contribution in [0.1, 0.15) is 29.2 Å². The van der Waals surface area contributed by atoms with E-state index >= 15 is 0 Å². The van der Waals surface area contributed by atoms with E-state index in [0.29, 0.717) is 28.6 Å². The van der Waals surface area contributed by atoms with Crippen LogP contribution in [0.25, 0.3) is 33.4 Å². The fourth-order valence-electron chi connectivity index (χ4n) is 3.99. The van der Waals surface area contributed by atoms with Crippen molar-refractivity contribution >= 4 is 16.8 Å². The van der Waals surface area contributed by atoms with Gasteiger partial charge in [-0.3, -0.25) is 4.79 Å². The molecule has 4 aromatic rings. The topological polar surface area (TPSA) is 71.2 Å². The van der Waals surface area contributed by atoms with E-state index in [0.717, 1.165) is 29.3 Å². The predicted octanol–water partition coefficient (Wildman–Crippen LogP) is 4.30. The van der Waals surface area contributed by atoms with Crippen molar-refractivity contribution < 1.29 is 14.3 Å². The molecule has 6 nitrogen and oxygen atoms in total. The largest absolute Gasteiger partial charge is 0.395 e. The fraction of sp³-hybridized carbons (Fsp3) is 0.240. The van der Waals surface area contributed by atoms with Gasteiger partial charge in [-0.15, -0.1) is 0 Å². The summed E-state index contributed by atoms with van der Waals surface area (Å²) in [4.78, 5) is 23.3. The summed E-state index contributed by atoms with van der Waals surface area (Å²) in [6, 6.07) is 12.6. The molecule has 5 rings (SSSR count). The number of benzene rings is 2. The van der Waals surface area contributed by atoms with E-state index in [-0.39, 0.29) is 24.9 Å². The van der Waals surface area contributed by atoms with E-state index in [4.69, 9.17) is 5.11 Å². The van der Waals surface area contributed by atoms with Gasteiger partial charge < -0.3 is 14.6 Å². The molecule has 1 aliphatic carbocycles. The number of nitrogens with zero attached hydrogens (tertiary/aromatic N) is 4. The lowest BCUT2D eigenvalue weighted by Crippen LogP contribution is -2.29. The highest BCUT2D eigenvalue weighted by atomic mass is 19.1. The van der Waals surface area contributed by atoms with E-state index in [9.17, 15) is 9.18 Å². The van der Waals surface area contributed by atoms with Crippen LogP contribution in [0.15, 0.2) is 61.1 Å². The van der Waals surface area contributed by atoms with Crippen molar-refractivity contribution in [3.8, 4) is 22.5 Å². The average molecular weight is 430 g/mol. The van der Waals surface area contributed by atoms with Crippen molar-refractivity contribution in [3.05, 3.63) is 72.4 Å². The van der Waals surface area contributed by atoms with Gasteiger partial charge in [0.25, 0.3) is 5.91 Å². The number of aliphatic hydroxyl groups is 1. The van der Waals surface area contributed by atoms with Gasteiger partial charge in [-0.05, 0) is 37.1 Å². The fourth-order valence-corrected chi connectivity index (χ4v) is 3.99. The molecule has 0 bridgehead atoms. The molecule has 0 spiro atoms. The highest BCUT2D eigenvalue weighted by Crippen LogP contribution is 2.41. The third-order valence-corrected chi connectivity index (χ3v) is 5.88. The molecule has 1 aliphatic rings. The smallest absolute Gasteiger partial charge is 0.253 e. The van der Waals surface area contributed by atoms with Crippen LogP contribution in [-0.4, -0.2) is 50.6 Å². The molecule has 1 N–H and O–H groups in total. The van der Waals surface area contributed by atoms with E-state index in [1.165, 1.54) is 11.0 Å². The number of carbonyl (C=O) groups excluding carboxylic acids is 1. The Bertz CT molecular complexity index is 1300. The lowest BCUT2D eigenvalue weighted by molar-refractivity contribution is 0.0767. The third kappa shape index (κ3) is 3.65. The van der Waals surface area contributed by atoms with E-state index in [1.54, 1.807) is 37.6 Å². The maximum atomic E-state index is 14.1. The molecule has 32 heavy (non-hydrogen) atoms. The second-order valence-corrected chi connectivity index (χ2v) is 8.14. The first-order valence-electron chi connectivity index (χ1n) is 10.6. The number of aromatic nitrogens is 3. The van der Waals surface area contributed by atoms with Gasteiger partial charge >= 0.3 is 0 Å². The molecule has 1 saturated carbocycles. The Morgan fingerprint density at radius 3 is 2.59 bits per heavy atom. The van der Waals surface area contributed by atoms with Gasteiger partial charge in [0, 0.05) is 71.4 Å². The van der Waals surface area contributed by atoms with E-state index < -0.39 is 0 Å². The van der Waals surface area contributed by atoms with Crippen molar-refractivity contribution in [1.29, 1.82) is 0 Å². The lowest BCUT2D eigenvalue weighted by Gasteiger charge is -2.15. The van der Waals surface area contributed by atoms with Crippen LogP contribution in [0.2, 0.25) is 0 Å². The maximum absolute atomic E-state index is 14.1. The maximum Gasteiger partial charge on any atom is 0.253 e. The molecule has 7 heteroatoms. The standard InChI is InChI=1S/C25H23FN4O2/c1-29(10-11-31)25(32)16-6-9-23-20(12-16)21(15-30(23)18-7-8-18)24-27-13-17(14-28-24)19-4-2-3-5-22(19)26/h2-6,9,12-15,18,31H,7-8,10-11H2,1H3. The Morgan fingerprint density at radius 1 is 1.16 bits per heavy atom. The predicted molar refractivity (Wildman–Crippen MR) is 121 cm³/mol. The minimum atomic E-state index is -0.315. The van der Waals surface area contributed by atoms with Crippen LogP contribution in [0.5, 0.6) is 0 Å². The molecule has 2 heterocycles. The molecule has 0 saturated heterocycles. The first kappa shape index (κ1) is 20.3. The van der Waals surface area contributed by atoms with Crippen molar-refractivity contribution in [2.75, 3.05) is 20.2 Å². The van der Waals surface area contributed by atoms with Crippen LogP contribution in [0.4, 0.5) is 4.39 Å². The van der Waals surface area contributed by atoms with Crippen LogP contribution < -0.4 is 0 Å². The Hall–Kier alpha value is -3.58. The van der Waals surface area contributed by atoms with Crippen molar-refractivity contribution in [3.63, 3.8) is 0 Å². The normalized spacial score (nSPS) is 13.5. The molecule has 2 aromatic heterocycles. The minimum absolute atomic E-state index is 0.0873. The number of aliphatic hydroxyl groups excluding tert-OH is 1. The Kier molecular flexibility index (Phi) is 5.19. The number of carbonyl (C=O) groups is 1. The summed E-state index contributed by atoms with van der Waals surface area (Å²) < 4.78 is 16.4. The summed E-state index contributed by atoms with van der Waals surface area (Å²) in [5.74, 6) is 0.0639. The van der Waals surface area contributed by atoms with Crippen LogP contribution in [-0.2, 0) is 0 Å². The molecular formula is C25H23FN4O2. The molecule has 0 atom stereocenters. The number of hydrogen-bond donors (Lipinski definition) is 1. The second kappa shape index (κ2) is 8.16. The van der Waals surface area contributed by atoms with Gasteiger partial charge in [0.15, 0.2) is 5.82 Å². The van der Waals surface area contributed by atoms with E-state index in [2.05, 4.69) is 14.5 Å². The van der Waals surface area contributed by atoms with Gasteiger partial charge in [0.2, 0.25) is 0 Å². The Labute approximate surface area is 185 Å². The Balaban J connectivity index is 1.57. The highest BCUT2D eigenvalue weighted by molar-refractivity contribution is 6.02. The molecule has 0 radical (unpaired) electrons. The molecular weight excluding hydrogens is 407 g/mol. The van der Waals surface area contributed by atoms with Crippen LogP contribution in [0, 0.1) is 5.82 Å². The highest BCUT2D eigenvalue weighted by Gasteiger charge is 2.27. The zero-order valence-electron chi connectivity index (χ0n) is 17.7. The first-order chi connectivity index (χ1) is 15.6. The number of likely N-dealkylation sites (N-methyl/N-ethyl adjacent to an activating group) is 1. The first-order valence-corrected chi connectivity index (χ1v) is 10.6. The number of amides is 1. The SMILES string of the molecule is CN(CCO)C(=O)c1ccc2c(c1)c(-c1ncc(-c3ccccc3F)cn1)cn2C1CC1. The average Bonchev–Trinajstić information content (AvgIpc) is 3.59. The van der Waals surface area contributed by atoms with Crippen LogP contribution >= 0.6 is 0 Å². The molecule has 162 valence electrons. The number of fused-ring (bicyclic) bond motifs is 1. The summed E-state index contributed by atoms with van der Waals surface area (Å²) in [5, 5.41) is 10.1. The summed E-state index contributed by atoms with van der Waals surface area (Å²) in [6.45, 7) is 0.184. The van der Waals surface area contributed by atoms with Crippen molar-refractivity contribution in [1.82, 2.24) is 19.4 Å². The molecule has 1 fully saturated rings. The number of rotatable bonds is 6. The zero-order valence-corrected chi connectivity index (χ0v) is 17.7.